The Kier molecular flexibility index (Phi) is 3.61. The summed E-state index contributed by atoms with van der Waals surface area (Å²) in [7, 11) is 0. The third kappa shape index (κ3) is 2.62. The van der Waals surface area contributed by atoms with Crippen molar-refractivity contribution in [3.63, 3.8) is 0 Å². The Morgan fingerprint density at radius 3 is 1.75 bits per heavy atom. The second kappa shape index (κ2) is 4.97. The largest absolute Gasteiger partial charge is 0.282 e. The molecule has 0 N–H and O–H groups in total. The number of halogens is 2. The predicted octanol–water partition coefficient (Wildman–Crippen LogP) is 4.58. The van der Waals surface area contributed by atoms with Crippen LogP contribution in [0.2, 0.25) is 5.02 Å². The quantitative estimate of drug-likeness (QED) is 0.576. The molecule has 3 heteroatoms. The number of rotatable bonds is 2. The lowest BCUT2D eigenvalue weighted by atomic mass is 10.0. The van der Waals surface area contributed by atoms with Gasteiger partial charge in [-0.25, -0.2) is 0 Å². The van der Waals surface area contributed by atoms with E-state index in [1.807, 2.05) is 48.5 Å². The number of hydrogen-bond acceptors (Lipinski definition) is 1. The zero-order valence-corrected chi connectivity index (χ0v) is 11.2. The van der Waals surface area contributed by atoms with Crippen LogP contribution in [0.5, 0.6) is 0 Å². The molecular weight excluding hydrogens is 334 g/mol. The molecule has 80 valence electrons. The fraction of sp³-hybridized carbons (Fsp3) is 0. The molecule has 0 bridgehead atoms. The van der Waals surface area contributed by atoms with Gasteiger partial charge in [0, 0.05) is 33.2 Å². The van der Waals surface area contributed by atoms with Gasteiger partial charge >= 0.3 is 0 Å². The van der Waals surface area contributed by atoms with E-state index in [-0.39, 0.29) is 3.79 Å². The maximum absolute atomic E-state index is 11.1. The van der Waals surface area contributed by atoms with Gasteiger partial charge in [-0.2, -0.15) is 0 Å². The molecule has 0 saturated carbocycles. The average Bonchev–Trinajstić information content (AvgIpc) is 2.30. The zero-order valence-electron chi connectivity index (χ0n) is 8.28. The van der Waals surface area contributed by atoms with Gasteiger partial charge in [0.05, 0.1) is 0 Å². The van der Waals surface area contributed by atoms with E-state index in [4.69, 9.17) is 11.6 Å². The SMILES string of the molecule is O=C(I)c1ccc(-c2ccc(Cl)cc2)cc1. The molecule has 1 nitrogen and oxygen atoms in total. The summed E-state index contributed by atoms with van der Waals surface area (Å²) in [6, 6.07) is 15.2. The molecule has 0 unspecified atom stereocenters. The Bertz CT molecular complexity index is 502. The second-order valence-corrected chi connectivity index (χ2v) is 4.77. The third-order valence-electron chi connectivity index (χ3n) is 2.29. The van der Waals surface area contributed by atoms with E-state index in [9.17, 15) is 4.79 Å². The first-order valence-corrected chi connectivity index (χ1v) is 6.18. The van der Waals surface area contributed by atoms with Crippen LogP contribution in [0.15, 0.2) is 48.5 Å². The van der Waals surface area contributed by atoms with Gasteiger partial charge in [0.2, 0.25) is 3.79 Å². The first kappa shape index (κ1) is 11.6. The minimum atomic E-state index is 0.0558. The fourth-order valence-corrected chi connectivity index (χ4v) is 1.92. The van der Waals surface area contributed by atoms with E-state index in [1.54, 1.807) is 22.6 Å². The maximum Gasteiger partial charge on any atom is 0.222 e. The molecule has 0 fully saturated rings. The molecule has 0 aliphatic carbocycles. The molecule has 0 spiro atoms. The molecule has 0 radical (unpaired) electrons. The lowest BCUT2D eigenvalue weighted by Crippen LogP contribution is -1.86. The summed E-state index contributed by atoms with van der Waals surface area (Å²) in [6.07, 6.45) is 0. The molecule has 2 aromatic rings. The van der Waals surface area contributed by atoms with E-state index < -0.39 is 0 Å². The molecule has 2 aromatic carbocycles. The van der Waals surface area contributed by atoms with E-state index in [0.717, 1.165) is 21.7 Å². The van der Waals surface area contributed by atoms with Gasteiger partial charge < -0.3 is 0 Å². The zero-order chi connectivity index (χ0) is 11.5. The number of carbonyl (C=O) groups is 1. The van der Waals surface area contributed by atoms with Crippen molar-refractivity contribution in [3.8, 4) is 11.1 Å². The molecule has 16 heavy (non-hydrogen) atoms. The molecule has 0 aliphatic heterocycles. The van der Waals surface area contributed by atoms with Crippen LogP contribution in [0.1, 0.15) is 10.4 Å². The minimum Gasteiger partial charge on any atom is -0.282 e. The van der Waals surface area contributed by atoms with Crippen LogP contribution < -0.4 is 0 Å². The van der Waals surface area contributed by atoms with Crippen molar-refractivity contribution >= 4 is 38.0 Å². The maximum atomic E-state index is 11.1. The Morgan fingerprint density at radius 2 is 1.31 bits per heavy atom. The van der Waals surface area contributed by atoms with Gasteiger partial charge in [0.15, 0.2) is 0 Å². The minimum absolute atomic E-state index is 0.0558. The summed E-state index contributed by atoms with van der Waals surface area (Å²) in [5.41, 5.74) is 2.90. The van der Waals surface area contributed by atoms with Crippen molar-refractivity contribution in [1.29, 1.82) is 0 Å². The van der Waals surface area contributed by atoms with Gasteiger partial charge in [0.25, 0.3) is 0 Å². The van der Waals surface area contributed by atoms with Crippen molar-refractivity contribution in [3.05, 3.63) is 59.1 Å². The van der Waals surface area contributed by atoms with Gasteiger partial charge in [-0.3, -0.25) is 4.79 Å². The molecule has 0 atom stereocenters. The Morgan fingerprint density at radius 1 is 0.875 bits per heavy atom. The summed E-state index contributed by atoms with van der Waals surface area (Å²) in [4.78, 5) is 11.1. The highest BCUT2D eigenvalue weighted by atomic mass is 127. The third-order valence-corrected chi connectivity index (χ3v) is 3.16. The Labute approximate surface area is 113 Å². The van der Waals surface area contributed by atoms with E-state index in [2.05, 4.69) is 0 Å². The average molecular weight is 343 g/mol. The van der Waals surface area contributed by atoms with Crippen LogP contribution in [-0.2, 0) is 0 Å². The molecule has 2 rings (SSSR count). The van der Waals surface area contributed by atoms with Crippen LogP contribution >= 0.6 is 34.2 Å². The molecule has 0 aliphatic rings. The monoisotopic (exact) mass is 342 g/mol. The lowest BCUT2D eigenvalue weighted by molar-refractivity contribution is 0.110. The highest BCUT2D eigenvalue weighted by Crippen LogP contribution is 2.22. The van der Waals surface area contributed by atoms with E-state index in [1.165, 1.54) is 0 Å². The van der Waals surface area contributed by atoms with Crippen molar-refractivity contribution in [2.24, 2.45) is 0 Å². The highest BCUT2D eigenvalue weighted by molar-refractivity contribution is 14.1. The van der Waals surface area contributed by atoms with Crippen molar-refractivity contribution in [2.45, 2.75) is 0 Å². The van der Waals surface area contributed by atoms with Crippen LogP contribution in [-0.4, -0.2) is 3.79 Å². The highest BCUT2D eigenvalue weighted by Gasteiger charge is 2.01. The van der Waals surface area contributed by atoms with Gasteiger partial charge in [-0.05, 0) is 35.4 Å². The van der Waals surface area contributed by atoms with Crippen molar-refractivity contribution < 1.29 is 4.79 Å². The van der Waals surface area contributed by atoms with E-state index in [0.29, 0.717) is 0 Å². The van der Waals surface area contributed by atoms with Crippen LogP contribution in [0.25, 0.3) is 11.1 Å². The summed E-state index contributed by atoms with van der Waals surface area (Å²) < 4.78 is 0.0558. The van der Waals surface area contributed by atoms with Crippen molar-refractivity contribution in [2.75, 3.05) is 0 Å². The smallest absolute Gasteiger partial charge is 0.222 e. The molecule has 0 heterocycles. The standard InChI is InChI=1S/C13H8ClIO/c14-12-7-5-10(6-8-12)9-1-3-11(4-2-9)13(15)16/h1-8H. The van der Waals surface area contributed by atoms with Crippen LogP contribution in [0.4, 0.5) is 0 Å². The van der Waals surface area contributed by atoms with Gasteiger partial charge in [-0.1, -0.05) is 35.9 Å². The fourth-order valence-electron chi connectivity index (χ4n) is 1.44. The number of benzene rings is 2. The molecular formula is C13H8ClIO. The molecule has 0 aromatic heterocycles. The topological polar surface area (TPSA) is 17.1 Å². The molecule has 0 amide bonds. The summed E-state index contributed by atoms with van der Waals surface area (Å²) >= 11 is 7.60. The Balaban J connectivity index is 2.34. The first-order chi connectivity index (χ1) is 7.66. The van der Waals surface area contributed by atoms with E-state index >= 15 is 0 Å². The summed E-state index contributed by atoms with van der Waals surface area (Å²) in [5, 5.41) is 0.725. The van der Waals surface area contributed by atoms with Gasteiger partial charge in [0.1, 0.15) is 0 Å². The van der Waals surface area contributed by atoms with Crippen molar-refractivity contribution in [1.82, 2.24) is 0 Å². The predicted molar refractivity (Wildman–Crippen MR) is 75.2 cm³/mol. The number of carbonyl (C=O) groups excluding carboxylic acids is 1. The Hall–Kier alpha value is -0.870. The van der Waals surface area contributed by atoms with Gasteiger partial charge in [-0.15, -0.1) is 0 Å². The summed E-state index contributed by atoms with van der Waals surface area (Å²) in [6.45, 7) is 0. The first-order valence-electron chi connectivity index (χ1n) is 4.72. The normalized spacial score (nSPS) is 10.1. The lowest BCUT2D eigenvalue weighted by Gasteiger charge is -2.02. The van der Waals surface area contributed by atoms with Crippen LogP contribution in [0, 0.1) is 0 Å². The van der Waals surface area contributed by atoms with Crippen LogP contribution in [0.3, 0.4) is 0 Å². The molecule has 0 saturated heterocycles. The second-order valence-electron chi connectivity index (χ2n) is 3.36. The summed E-state index contributed by atoms with van der Waals surface area (Å²) in [5.74, 6) is 0. The number of hydrogen-bond donors (Lipinski definition) is 0.